The van der Waals surface area contributed by atoms with Gasteiger partial charge in [0, 0.05) is 19.1 Å². The smallest absolute Gasteiger partial charge is 0.0626 e. The van der Waals surface area contributed by atoms with Crippen LogP contribution in [0.5, 0.6) is 0 Å². The number of nitrogens with two attached hydrogens (primary N) is 1. The maximum Gasteiger partial charge on any atom is 0.0626 e. The minimum Gasteiger partial charge on any atom is -0.394 e. The van der Waals surface area contributed by atoms with Crippen LogP contribution in [0, 0.1) is 5.92 Å². The fourth-order valence-electron chi connectivity index (χ4n) is 3.81. The molecule has 3 N–H and O–H groups in total. The molecule has 2 atom stereocenters. The zero-order chi connectivity index (χ0) is 12.6. The summed E-state index contributed by atoms with van der Waals surface area (Å²) in [6.45, 7) is 5.88. The molecule has 0 radical (unpaired) electrons. The first-order valence-electron chi connectivity index (χ1n) is 7.57. The number of nitrogens with zero attached hydrogens (tertiary/aromatic N) is 2. The number of aliphatic hydroxyl groups excluding tert-OH is 1. The Morgan fingerprint density at radius 3 is 2.61 bits per heavy atom. The summed E-state index contributed by atoms with van der Waals surface area (Å²) in [5, 5.41) is 9.62. The Bertz CT molecular complexity index is 295. The summed E-state index contributed by atoms with van der Waals surface area (Å²) < 4.78 is 0. The van der Waals surface area contributed by atoms with Crippen LogP contribution >= 0.6 is 0 Å². The molecular formula is C14H27N3O. The van der Waals surface area contributed by atoms with Gasteiger partial charge in [-0.15, -0.1) is 0 Å². The van der Waals surface area contributed by atoms with Crippen molar-refractivity contribution < 1.29 is 5.11 Å². The SMILES string of the molecule is NC(CO)(CN1CCCN2CCCC2C1)C1CC1. The predicted molar refractivity (Wildman–Crippen MR) is 72.4 cm³/mol. The van der Waals surface area contributed by atoms with Crippen molar-refractivity contribution in [2.75, 3.05) is 39.3 Å². The molecule has 0 amide bonds. The van der Waals surface area contributed by atoms with E-state index in [1.807, 2.05) is 0 Å². The first kappa shape index (κ1) is 12.9. The monoisotopic (exact) mass is 253 g/mol. The lowest BCUT2D eigenvalue weighted by molar-refractivity contribution is 0.115. The van der Waals surface area contributed by atoms with Crippen molar-refractivity contribution in [3.05, 3.63) is 0 Å². The molecule has 4 heteroatoms. The number of hydrogen-bond donors (Lipinski definition) is 2. The van der Waals surface area contributed by atoms with Crippen LogP contribution < -0.4 is 5.73 Å². The van der Waals surface area contributed by atoms with Crippen molar-refractivity contribution in [3.63, 3.8) is 0 Å². The normalized spacial score (nSPS) is 34.0. The first-order chi connectivity index (χ1) is 8.71. The minimum absolute atomic E-state index is 0.141. The Balaban J connectivity index is 1.61. The summed E-state index contributed by atoms with van der Waals surface area (Å²) in [6, 6.07) is 0.745. The zero-order valence-electron chi connectivity index (χ0n) is 11.4. The molecule has 18 heavy (non-hydrogen) atoms. The molecule has 0 aromatic carbocycles. The fourth-order valence-corrected chi connectivity index (χ4v) is 3.81. The van der Waals surface area contributed by atoms with Gasteiger partial charge in [-0.3, -0.25) is 9.80 Å². The van der Waals surface area contributed by atoms with Gasteiger partial charge in [0.25, 0.3) is 0 Å². The van der Waals surface area contributed by atoms with Gasteiger partial charge in [0.15, 0.2) is 0 Å². The van der Waals surface area contributed by atoms with Crippen LogP contribution in [0.15, 0.2) is 0 Å². The molecule has 1 saturated carbocycles. The van der Waals surface area contributed by atoms with Crippen molar-refractivity contribution >= 4 is 0 Å². The van der Waals surface area contributed by atoms with Gasteiger partial charge in [-0.2, -0.15) is 0 Å². The highest BCUT2D eigenvalue weighted by Gasteiger charge is 2.43. The second kappa shape index (κ2) is 5.08. The second-order valence-corrected chi connectivity index (χ2v) is 6.59. The summed E-state index contributed by atoms with van der Waals surface area (Å²) in [6.07, 6.45) is 6.37. The number of aliphatic hydroxyl groups is 1. The van der Waals surface area contributed by atoms with E-state index in [1.54, 1.807) is 0 Å². The lowest BCUT2D eigenvalue weighted by atomic mass is 9.94. The van der Waals surface area contributed by atoms with Crippen molar-refractivity contribution in [2.24, 2.45) is 11.7 Å². The van der Waals surface area contributed by atoms with Gasteiger partial charge in [0.2, 0.25) is 0 Å². The molecule has 4 nitrogen and oxygen atoms in total. The van der Waals surface area contributed by atoms with Gasteiger partial charge >= 0.3 is 0 Å². The lowest BCUT2D eigenvalue weighted by Crippen LogP contribution is -2.56. The summed E-state index contributed by atoms with van der Waals surface area (Å²) in [5.41, 5.74) is 6.08. The van der Waals surface area contributed by atoms with Gasteiger partial charge in [0.1, 0.15) is 0 Å². The van der Waals surface area contributed by atoms with Gasteiger partial charge in [-0.1, -0.05) is 0 Å². The number of fused-ring (bicyclic) bond motifs is 1. The number of hydrogen-bond acceptors (Lipinski definition) is 4. The molecule has 0 aromatic heterocycles. The Labute approximate surface area is 110 Å². The van der Waals surface area contributed by atoms with E-state index >= 15 is 0 Å². The van der Waals surface area contributed by atoms with Crippen molar-refractivity contribution in [1.29, 1.82) is 0 Å². The van der Waals surface area contributed by atoms with Gasteiger partial charge in [-0.25, -0.2) is 0 Å². The molecule has 3 aliphatic rings. The second-order valence-electron chi connectivity index (χ2n) is 6.59. The molecule has 2 heterocycles. The summed E-state index contributed by atoms with van der Waals surface area (Å²) >= 11 is 0. The van der Waals surface area contributed by atoms with Crippen LogP contribution in [0.25, 0.3) is 0 Å². The first-order valence-corrected chi connectivity index (χ1v) is 7.57. The molecular weight excluding hydrogens is 226 g/mol. The van der Waals surface area contributed by atoms with Crippen LogP contribution in [-0.2, 0) is 0 Å². The van der Waals surface area contributed by atoms with E-state index in [-0.39, 0.29) is 12.1 Å². The van der Waals surface area contributed by atoms with E-state index in [0.29, 0.717) is 5.92 Å². The van der Waals surface area contributed by atoms with E-state index in [1.165, 1.54) is 45.2 Å². The third kappa shape index (κ3) is 2.57. The van der Waals surface area contributed by atoms with Crippen LogP contribution in [0.1, 0.15) is 32.1 Å². The highest BCUT2D eigenvalue weighted by molar-refractivity contribution is 5.01. The summed E-state index contributed by atoms with van der Waals surface area (Å²) in [4.78, 5) is 5.17. The standard InChI is InChI=1S/C14H27N3O/c15-14(11-18,12-4-5-12)10-16-6-2-8-17-7-1-3-13(17)9-16/h12-13,18H,1-11,15H2. The van der Waals surface area contributed by atoms with Crippen LogP contribution in [0.4, 0.5) is 0 Å². The van der Waals surface area contributed by atoms with Crippen LogP contribution in [-0.4, -0.2) is 65.8 Å². The van der Waals surface area contributed by atoms with Crippen LogP contribution in [0.2, 0.25) is 0 Å². The van der Waals surface area contributed by atoms with Crippen molar-refractivity contribution in [2.45, 2.75) is 43.7 Å². The molecule has 0 aromatic rings. The lowest BCUT2D eigenvalue weighted by Gasteiger charge is -2.35. The average Bonchev–Trinajstić information content (AvgIpc) is 3.16. The maximum atomic E-state index is 9.62. The number of rotatable bonds is 4. The average molecular weight is 253 g/mol. The third-order valence-electron chi connectivity index (χ3n) is 5.09. The van der Waals surface area contributed by atoms with E-state index in [0.717, 1.165) is 25.7 Å². The van der Waals surface area contributed by atoms with Crippen molar-refractivity contribution in [3.8, 4) is 0 Å². The Hall–Kier alpha value is -0.160. The Morgan fingerprint density at radius 2 is 1.89 bits per heavy atom. The molecule has 2 saturated heterocycles. The fraction of sp³-hybridized carbons (Fsp3) is 1.00. The van der Waals surface area contributed by atoms with Gasteiger partial charge in [0.05, 0.1) is 12.1 Å². The molecule has 1 aliphatic carbocycles. The van der Waals surface area contributed by atoms with E-state index in [9.17, 15) is 5.11 Å². The molecule has 3 fully saturated rings. The molecule has 3 rings (SSSR count). The third-order valence-corrected chi connectivity index (χ3v) is 5.09. The van der Waals surface area contributed by atoms with Gasteiger partial charge < -0.3 is 10.8 Å². The molecule has 104 valence electrons. The van der Waals surface area contributed by atoms with Crippen molar-refractivity contribution in [1.82, 2.24) is 9.80 Å². The molecule has 0 bridgehead atoms. The highest BCUT2D eigenvalue weighted by atomic mass is 16.3. The minimum atomic E-state index is -0.340. The maximum absolute atomic E-state index is 9.62. The zero-order valence-corrected chi connectivity index (χ0v) is 11.4. The Kier molecular flexibility index (Phi) is 3.63. The highest BCUT2D eigenvalue weighted by Crippen LogP contribution is 2.38. The van der Waals surface area contributed by atoms with E-state index < -0.39 is 0 Å². The van der Waals surface area contributed by atoms with E-state index in [4.69, 9.17) is 5.73 Å². The molecule has 0 spiro atoms. The predicted octanol–water partition coefficient (Wildman–Crippen LogP) is 0.256. The molecule has 2 unspecified atom stereocenters. The summed E-state index contributed by atoms with van der Waals surface area (Å²) in [7, 11) is 0. The van der Waals surface area contributed by atoms with Gasteiger partial charge in [-0.05, 0) is 57.7 Å². The molecule has 2 aliphatic heterocycles. The van der Waals surface area contributed by atoms with E-state index in [2.05, 4.69) is 9.80 Å². The topological polar surface area (TPSA) is 52.7 Å². The largest absolute Gasteiger partial charge is 0.394 e. The quantitative estimate of drug-likeness (QED) is 0.754. The summed E-state index contributed by atoms with van der Waals surface area (Å²) in [5.74, 6) is 0.561. The van der Waals surface area contributed by atoms with Crippen LogP contribution in [0.3, 0.4) is 0 Å². The Morgan fingerprint density at radius 1 is 1.11 bits per heavy atom.